The van der Waals surface area contributed by atoms with E-state index in [2.05, 4.69) is 0 Å². The Hall–Kier alpha value is -0.780. The predicted molar refractivity (Wildman–Crippen MR) is 70.1 cm³/mol. The summed E-state index contributed by atoms with van der Waals surface area (Å²) in [5.41, 5.74) is 0. The molecule has 1 saturated carbocycles. The summed E-state index contributed by atoms with van der Waals surface area (Å²) < 4.78 is 39.2. The van der Waals surface area contributed by atoms with Crippen LogP contribution in [0.5, 0.6) is 0 Å². The first-order valence-electron chi connectivity index (χ1n) is 7.27. The number of halogens is 3. The first kappa shape index (κ1) is 17.3. The van der Waals surface area contributed by atoms with Crippen LogP contribution >= 0.6 is 0 Å². The Bertz CT molecular complexity index is 318. The number of alkyl halides is 3. The van der Waals surface area contributed by atoms with E-state index in [-0.39, 0.29) is 19.1 Å². The van der Waals surface area contributed by atoms with Crippen LogP contribution in [0.25, 0.3) is 0 Å². The lowest BCUT2D eigenvalue weighted by Crippen LogP contribution is -2.47. The number of rotatable bonds is 5. The molecule has 0 aromatic rings. The third-order valence-corrected chi connectivity index (χ3v) is 3.97. The van der Waals surface area contributed by atoms with Gasteiger partial charge in [0.2, 0.25) is 5.91 Å². The third kappa shape index (κ3) is 4.36. The SMILES string of the molecule is CC(C)N(CCCO)C(=O)C1CCCCC1C(F)(F)F. The Morgan fingerprint density at radius 3 is 2.40 bits per heavy atom. The Kier molecular flexibility index (Phi) is 6.30. The van der Waals surface area contributed by atoms with Gasteiger partial charge in [-0.15, -0.1) is 0 Å². The smallest absolute Gasteiger partial charge is 0.392 e. The number of amides is 1. The molecule has 0 aromatic carbocycles. The molecule has 20 heavy (non-hydrogen) atoms. The van der Waals surface area contributed by atoms with Crippen molar-refractivity contribution in [3.8, 4) is 0 Å². The van der Waals surface area contributed by atoms with Gasteiger partial charge in [0.1, 0.15) is 0 Å². The molecule has 0 bridgehead atoms. The van der Waals surface area contributed by atoms with E-state index in [1.54, 1.807) is 13.8 Å². The second-order valence-electron chi connectivity index (χ2n) is 5.74. The Morgan fingerprint density at radius 2 is 1.90 bits per heavy atom. The first-order chi connectivity index (χ1) is 9.29. The summed E-state index contributed by atoms with van der Waals surface area (Å²) >= 11 is 0. The molecule has 1 fully saturated rings. The molecule has 0 aliphatic heterocycles. The molecule has 1 aliphatic carbocycles. The highest BCUT2D eigenvalue weighted by Crippen LogP contribution is 2.42. The van der Waals surface area contributed by atoms with Crippen molar-refractivity contribution < 1.29 is 23.1 Å². The average Bonchev–Trinajstić information content (AvgIpc) is 2.37. The van der Waals surface area contributed by atoms with Gasteiger partial charge in [0.25, 0.3) is 0 Å². The molecule has 0 aromatic heterocycles. The number of aliphatic hydroxyl groups excluding tert-OH is 1. The van der Waals surface area contributed by atoms with Gasteiger partial charge in [0.05, 0.1) is 5.92 Å². The van der Waals surface area contributed by atoms with Gasteiger partial charge >= 0.3 is 6.18 Å². The van der Waals surface area contributed by atoms with Crippen molar-refractivity contribution >= 4 is 5.91 Å². The fraction of sp³-hybridized carbons (Fsp3) is 0.929. The molecule has 6 heteroatoms. The van der Waals surface area contributed by atoms with E-state index in [9.17, 15) is 18.0 Å². The maximum absolute atomic E-state index is 13.1. The second-order valence-corrected chi connectivity index (χ2v) is 5.74. The molecule has 0 radical (unpaired) electrons. The molecular weight excluding hydrogens is 271 g/mol. The highest BCUT2D eigenvalue weighted by molar-refractivity contribution is 5.79. The Labute approximate surface area is 118 Å². The predicted octanol–water partition coefficient (Wildman–Crippen LogP) is 2.97. The van der Waals surface area contributed by atoms with E-state index in [4.69, 9.17) is 5.11 Å². The van der Waals surface area contributed by atoms with Crippen LogP contribution in [0.2, 0.25) is 0 Å². The highest BCUT2D eigenvalue weighted by Gasteiger charge is 2.49. The Balaban J connectivity index is 2.84. The fourth-order valence-electron chi connectivity index (χ4n) is 2.90. The lowest BCUT2D eigenvalue weighted by atomic mass is 9.77. The van der Waals surface area contributed by atoms with E-state index < -0.39 is 23.9 Å². The van der Waals surface area contributed by atoms with E-state index in [1.807, 2.05) is 0 Å². The number of nitrogens with zero attached hydrogens (tertiary/aromatic N) is 1. The fourth-order valence-corrected chi connectivity index (χ4v) is 2.90. The lowest BCUT2D eigenvalue weighted by Gasteiger charge is -2.37. The van der Waals surface area contributed by atoms with E-state index in [0.29, 0.717) is 32.2 Å². The van der Waals surface area contributed by atoms with Gasteiger partial charge in [0.15, 0.2) is 0 Å². The number of aliphatic hydroxyl groups is 1. The van der Waals surface area contributed by atoms with Crippen LogP contribution in [-0.4, -0.2) is 41.3 Å². The van der Waals surface area contributed by atoms with Gasteiger partial charge in [0, 0.05) is 25.1 Å². The van der Waals surface area contributed by atoms with E-state index in [0.717, 1.165) is 0 Å². The van der Waals surface area contributed by atoms with Gasteiger partial charge in [-0.2, -0.15) is 13.2 Å². The molecule has 0 saturated heterocycles. The van der Waals surface area contributed by atoms with Gasteiger partial charge in [-0.05, 0) is 33.1 Å². The molecular formula is C14H24F3NO2. The zero-order chi connectivity index (χ0) is 15.3. The maximum atomic E-state index is 13.1. The van der Waals surface area contributed by atoms with Crippen LogP contribution in [-0.2, 0) is 4.79 Å². The van der Waals surface area contributed by atoms with Gasteiger partial charge in [-0.25, -0.2) is 0 Å². The summed E-state index contributed by atoms with van der Waals surface area (Å²) in [7, 11) is 0. The summed E-state index contributed by atoms with van der Waals surface area (Å²) in [5, 5.41) is 8.85. The standard InChI is InChI=1S/C14H24F3NO2/c1-10(2)18(8-5-9-19)13(20)11-6-3-4-7-12(11)14(15,16)17/h10-12,19H,3-9H2,1-2H3. The van der Waals surface area contributed by atoms with Gasteiger partial charge in [-0.1, -0.05) is 12.8 Å². The molecule has 2 unspecified atom stereocenters. The minimum Gasteiger partial charge on any atom is -0.396 e. The molecule has 0 heterocycles. The first-order valence-corrected chi connectivity index (χ1v) is 7.27. The number of hydrogen-bond donors (Lipinski definition) is 1. The summed E-state index contributed by atoms with van der Waals surface area (Å²) in [6.45, 7) is 3.83. The van der Waals surface area contributed by atoms with Crippen LogP contribution in [0.3, 0.4) is 0 Å². The van der Waals surface area contributed by atoms with Gasteiger partial charge < -0.3 is 10.0 Å². The zero-order valence-electron chi connectivity index (χ0n) is 12.1. The lowest BCUT2D eigenvalue weighted by molar-refractivity contribution is -0.201. The van der Waals surface area contributed by atoms with Crippen molar-refractivity contribution in [1.29, 1.82) is 0 Å². The molecule has 118 valence electrons. The van der Waals surface area contributed by atoms with Crippen LogP contribution in [0.15, 0.2) is 0 Å². The second kappa shape index (κ2) is 7.29. The molecule has 0 spiro atoms. The topological polar surface area (TPSA) is 40.5 Å². The Morgan fingerprint density at radius 1 is 1.30 bits per heavy atom. The van der Waals surface area contributed by atoms with Crippen molar-refractivity contribution in [3.05, 3.63) is 0 Å². The van der Waals surface area contributed by atoms with Crippen molar-refractivity contribution in [2.45, 2.75) is 58.2 Å². The van der Waals surface area contributed by atoms with Crippen molar-refractivity contribution in [2.24, 2.45) is 11.8 Å². The molecule has 3 nitrogen and oxygen atoms in total. The number of hydrogen-bond acceptors (Lipinski definition) is 2. The quantitative estimate of drug-likeness (QED) is 0.847. The van der Waals surface area contributed by atoms with Crippen LogP contribution in [0.1, 0.15) is 46.0 Å². The molecule has 1 N–H and O–H groups in total. The molecule has 1 rings (SSSR count). The summed E-state index contributed by atoms with van der Waals surface area (Å²) in [6, 6.07) is -0.148. The van der Waals surface area contributed by atoms with Gasteiger partial charge in [-0.3, -0.25) is 4.79 Å². The monoisotopic (exact) mass is 295 g/mol. The highest BCUT2D eigenvalue weighted by atomic mass is 19.4. The number of carbonyl (C=O) groups is 1. The van der Waals surface area contributed by atoms with Crippen molar-refractivity contribution in [1.82, 2.24) is 4.90 Å². The van der Waals surface area contributed by atoms with Crippen LogP contribution in [0, 0.1) is 11.8 Å². The minimum absolute atomic E-state index is 0.0475. The van der Waals surface area contributed by atoms with E-state index >= 15 is 0 Å². The average molecular weight is 295 g/mol. The zero-order valence-corrected chi connectivity index (χ0v) is 12.1. The normalized spacial score (nSPS) is 23.9. The van der Waals surface area contributed by atoms with Crippen LogP contribution < -0.4 is 0 Å². The summed E-state index contributed by atoms with van der Waals surface area (Å²) in [4.78, 5) is 13.9. The summed E-state index contributed by atoms with van der Waals surface area (Å²) in [5.74, 6) is -2.88. The minimum atomic E-state index is -4.31. The van der Waals surface area contributed by atoms with E-state index in [1.165, 1.54) is 4.90 Å². The maximum Gasteiger partial charge on any atom is 0.392 e. The summed E-state index contributed by atoms with van der Waals surface area (Å²) in [6.07, 6.45) is -2.34. The van der Waals surface area contributed by atoms with Crippen molar-refractivity contribution in [2.75, 3.05) is 13.2 Å². The van der Waals surface area contributed by atoms with Crippen molar-refractivity contribution in [3.63, 3.8) is 0 Å². The number of carbonyl (C=O) groups excluding carboxylic acids is 1. The third-order valence-electron chi connectivity index (χ3n) is 3.97. The molecule has 1 amide bonds. The largest absolute Gasteiger partial charge is 0.396 e. The van der Waals surface area contributed by atoms with Crippen LogP contribution in [0.4, 0.5) is 13.2 Å². The molecule has 1 aliphatic rings. The molecule has 2 atom stereocenters.